The number of benzene rings is 1. The van der Waals surface area contributed by atoms with E-state index in [2.05, 4.69) is 21.4 Å². The summed E-state index contributed by atoms with van der Waals surface area (Å²) in [6.07, 6.45) is 7.03. The first-order valence-corrected chi connectivity index (χ1v) is 5.50. The molecule has 5 heteroatoms. The van der Waals surface area contributed by atoms with Crippen molar-refractivity contribution in [1.82, 2.24) is 20.3 Å². The van der Waals surface area contributed by atoms with Crippen molar-refractivity contribution in [3.8, 4) is 18.0 Å². The lowest BCUT2D eigenvalue weighted by Crippen LogP contribution is -2.24. The van der Waals surface area contributed by atoms with Gasteiger partial charge in [0, 0.05) is 13.0 Å². The lowest BCUT2D eigenvalue weighted by molar-refractivity contribution is 0.0949. The number of para-hydroxylation sites is 1. The fraction of sp³-hybridized carbons (Fsp3) is 0.154. The van der Waals surface area contributed by atoms with Gasteiger partial charge >= 0.3 is 0 Å². The molecule has 1 N–H and O–H groups in total. The minimum Gasteiger partial charge on any atom is -0.350 e. The van der Waals surface area contributed by atoms with E-state index in [1.165, 1.54) is 11.0 Å². The van der Waals surface area contributed by atoms with E-state index < -0.39 is 0 Å². The Balaban J connectivity index is 2.07. The number of hydrogen-bond donors (Lipinski definition) is 1. The van der Waals surface area contributed by atoms with Crippen LogP contribution in [0.3, 0.4) is 0 Å². The molecule has 1 aromatic heterocycles. The zero-order valence-electron chi connectivity index (χ0n) is 9.71. The van der Waals surface area contributed by atoms with E-state index in [4.69, 9.17) is 6.42 Å². The summed E-state index contributed by atoms with van der Waals surface area (Å²) in [4.78, 5) is 13.1. The van der Waals surface area contributed by atoms with E-state index >= 15 is 0 Å². The molecule has 1 amide bonds. The van der Waals surface area contributed by atoms with Crippen LogP contribution in [0.25, 0.3) is 5.69 Å². The number of aromatic nitrogens is 3. The van der Waals surface area contributed by atoms with Crippen LogP contribution >= 0.6 is 0 Å². The van der Waals surface area contributed by atoms with Crippen LogP contribution in [0.15, 0.2) is 36.5 Å². The number of hydrogen-bond acceptors (Lipinski definition) is 3. The highest BCUT2D eigenvalue weighted by molar-refractivity contribution is 5.91. The molecule has 2 rings (SSSR count). The Morgan fingerprint density at radius 1 is 1.39 bits per heavy atom. The van der Waals surface area contributed by atoms with Crippen LogP contribution in [0.4, 0.5) is 0 Å². The number of terminal acetylenes is 1. The summed E-state index contributed by atoms with van der Waals surface area (Å²) >= 11 is 0. The third-order valence-corrected chi connectivity index (χ3v) is 2.27. The maximum Gasteiger partial charge on any atom is 0.273 e. The summed E-state index contributed by atoms with van der Waals surface area (Å²) in [6.45, 7) is 0.438. The van der Waals surface area contributed by atoms with Gasteiger partial charge in [0.25, 0.3) is 5.91 Å². The molecule has 1 aromatic carbocycles. The van der Waals surface area contributed by atoms with Gasteiger partial charge < -0.3 is 5.32 Å². The van der Waals surface area contributed by atoms with E-state index in [1.807, 2.05) is 30.3 Å². The predicted molar refractivity (Wildman–Crippen MR) is 67.1 cm³/mol. The van der Waals surface area contributed by atoms with Crippen molar-refractivity contribution in [2.24, 2.45) is 0 Å². The van der Waals surface area contributed by atoms with Gasteiger partial charge in [0.15, 0.2) is 5.69 Å². The molecule has 0 radical (unpaired) electrons. The number of carbonyl (C=O) groups excluding carboxylic acids is 1. The lowest BCUT2D eigenvalue weighted by atomic mass is 10.3. The average molecular weight is 240 g/mol. The highest BCUT2D eigenvalue weighted by Crippen LogP contribution is 2.03. The third-order valence-electron chi connectivity index (χ3n) is 2.27. The zero-order chi connectivity index (χ0) is 12.8. The van der Waals surface area contributed by atoms with E-state index in [0.29, 0.717) is 13.0 Å². The molecule has 1 heterocycles. The van der Waals surface area contributed by atoms with Gasteiger partial charge in [0.2, 0.25) is 0 Å². The Bertz CT molecular complexity index is 568. The van der Waals surface area contributed by atoms with Gasteiger partial charge in [-0.15, -0.1) is 17.4 Å². The zero-order valence-corrected chi connectivity index (χ0v) is 9.71. The van der Waals surface area contributed by atoms with Crippen molar-refractivity contribution in [2.75, 3.05) is 6.54 Å². The van der Waals surface area contributed by atoms with E-state index in [1.54, 1.807) is 0 Å². The van der Waals surface area contributed by atoms with E-state index in [0.717, 1.165) is 5.69 Å². The smallest absolute Gasteiger partial charge is 0.273 e. The molecule has 0 aliphatic heterocycles. The standard InChI is InChI=1S/C13H12N4O/c1-2-3-9-14-13(18)12-10-15-17(16-12)11-7-5-4-6-8-11/h1,4-8,10H,3,9H2,(H,14,18). The topological polar surface area (TPSA) is 59.8 Å². The molecule has 0 fully saturated rings. The molecule has 0 bridgehead atoms. The highest BCUT2D eigenvalue weighted by atomic mass is 16.2. The average Bonchev–Trinajstić information content (AvgIpc) is 2.89. The monoisotopic (exact) mass is 240 g/mol. The number of nitrogens with zero attached hydrogens (tertiary/aromatic N) is 3. The third kappa shape index (κ3) is 2.74. The molecule has 0 spiro atoms. The molecule has 0 saturated heterocycles. The molecule has 18 heavy (non-hydrogen) atoms. The SMILES string of the molecule is C#CCCNC(=O)c1cnn(-c2ccccc2)n1. The Hall–Kier alpha value is -2.61. The summed E-state index contributed by atoms with van der Waals surface area (Å²) in [5.41, 5.74) is 1.08. The first kappa shape index (κ1) is 11.9. The van der Waals surface area contributed by atoms with Crippen LogP contribution < -0.4 is 5.32 Å². The van der Waals surface area contributed by atoms with Gasteiger partial charge in [-0.25, -0.2) is 0 Å². The molecule has 0 aliphatic carbocycles. The van der Waals surface area contributed by atoms with Crippen LogP contribution in [0.2, 0.25) is 0 Å². The second-order valence-electron chi connectivity index (χ2n) is 3.56. The van der Waals surface area contributed by atoms with Crippen LogP contribution in [-0.4, -0.2) is 27.4 Å². The second-order valence-corrected chi connectivity index (χ2v) is 3.56. The number of rotatable bonds is 4. The molecular formula is C13H12N4O. The predicted octanol–water partition coefficient (Wildman–Crippen LogP) is 1.02. The molecule has 2 aromatic rings. The van der Waals surface area contributed by atoms with Crippen molar-refractivity contribution < 1.29 is 4.79 Å². The molecule has 0 saturated carbocycles. The molecular weight excluding hydrogens is 228 g/mol. The van der Waals surface area contributed by atoms with Crippen LogP contribution in [-0.2, 0) is 0 Å². The first-order chi connectivity index (χ1) is 8.81. The summed E-state index contributed by atoms with van der Waals surface area (Å²) in [6, 6.07) is 9.39. The maximum atomic E-state index is 11.7. The number of nitrogens with one attached hydrogen (secondary N) is 1. The number of amides is 1. The highest BCUT2D eigenvalue weighted by Gasteiger charge is 2.10. The van der Waals surface area contributed by atoms with Gasteiger partial charge in [-0.05, 0) is 12.1 Å². The molecule has 90 valence electrons. The largest absolute Gasteiger partial charge is 0.350 e. The normalized spacial score (nSPS) is 9.72. The number of carbonyl (C=O) groups is 1. The first-order valence-electron chi connectivity index (χ1n) is 5.50. The Labute approximate surface area is 105 Å². The van der Waals surface area contributed by atoms with Crippen LogP contribution in [0, 0.1) is 12.3 Å². The Kier molecular flexibility index (Phi) is 3.72. The maximum absolute atomic E-state index is 11.7. The van der Waals surface area contributed by atoms with Crippen molar-refractivity contribution in [3.05, 3.63) is 42.2 Å². The quantitative estimate of drug-likeness (QED) is 0.641. The van der Waals surface area contributed by atoms with Crippen molar-refractivity contribution in [2.45, 2.75) is 6.42 Å². The molecule has 0 aliphatic rings. The van der Waals surface area contributed by atoms with E-state index in [-0.39, 0.29) is 11.6 Å². The van der Waals surface area contributed by atoms with Crippen LogP contribution in [0.1, 0.15) is 16.9 Å². The fourth-order valence-electron chi connectivity index (χ4n) is 1.39. The summed E-state index contributed by atoms with van der Waals surface area (Å²) in [5, 5.41) is 10.8. The summed E-state index contributed by atoms with van der Waals surface area (Å²) in [7, 11) is 0. The summed E-state index contributed by atoms with van der Waals surface area (Å²) < 4.78 is 0. The van der Waals surface area contributed by atoms with Gasteiger partial charge in [-0.2, -0.15) is 9.90 Å². The minimum atomic E-state index is -0.271. The fourth-order valence-corrected chi connectivity index (χ4v) is 1.39. The Morgan fingerprint density at radius 3 is 2.89 bits per heavy atom. The molecule has 0 unspecified atom stereocenters. The van der Waals surface area contributed by atoms with Gasteiger partial charge in [-0.1, -0.05) is 18.2 Å². The van der Waals surface area contributed by atoms with Gasteiger partial charge in [0.1, 0.15) is 0 Å². The summed E-state index contributed by atoms with van der Waals surface area (Å²) in [5.74, 6) is 2.18. The Morgan fingerprint density at radius 2 is 2.17 bits per heavy atom. The van der Waals surface area contributed by atoms with Gasteiger partial charge in [-0.3, -0.25) is 4.79 Å². The van der Waals surface area contributed by atoms with E-state index in [9.17, 15) is 4.79 Å². The molecule has 5 nitrogen and oxygen atoms in total. The minimum absolute atomic E-state index is 0.271. The van der Waals surface area contributed by atoms with Crippen LogP contribution in [0.5, 0.6) is 0 Å². The van der Waals surface area contributed by atoms with Gasteiger partial charge in [0.05, 0.1) is 11.9 Å². The lowest BCUT2D eigenvalue weighted by Gasteiger charge is -1.99. The van der Waals surface area contributed by atoms with Crippen molar-refractivity contribution >= 4 is 5.91 Å². The van der Waals surface area contributed by atoms with Crippen molar-refractivity contribution in [3.63, 3.8) is 0 Å². The second kappa shape index (κ2) is 5.64. The van der Waals surface area contributed by atoms with Crippen molar-refractivity contribution in [1.29, 1.82) is 0 Å². The molecule has 0 atom stereocenters.